The largest absolute Gasteiger partial charge is 0.380 e. The SMILES string of the molecule is COC1CCN(c2cc(CN)ccn2)C1. The van der Waals surface area contributed by atoms with E-state index in [0.717, 1.165) is 30.9 Å². The fourth-order valence-electron chi connectivity index (χ4n) is 1.89. The molecular weight excluding hydrogens is 190 g/mol. The Morgan fingerprint density at radius 2 is 2.53 bits per heavy atom. The van der Waals surface area contributed by atoms with Crippen LogP contribution in [0, 0.1) is 0 Å². The zero-order valence-electron chi connectivity index (χ0n) is 9.02. The molecule has 15 heavy (non-hydrogen) atoms. The highest BCUT2D eigenvalue weighted by Gasteiger charge is 2.22. The average Bonchev–Trinajstić information content (AvgIpc) is 2.78. The summed E-state index contributed by atoms with van der Waals surface area (Å²) in [6, 6.07) is 4.01. The summed E-state index contributed by atoms with van der Waals surface area (Å²) in [5.41, 5.74) is 6.73. The molecule has 1 aliphatic heterocycles. The molecule has 1 unspecified atom stereocenters. The maximum absolute atomic E-state index is 5.60. The molecule has 2 heterocycles. The van der Waals surface area contributed by atoms with Crippen molar-refractivity contribution in [1.29, 1.82) is 0 Å². The number of rotatable bonds is 3. The molecule has 0 amide bonds. The van der Waals surface area contributed by atoms with Crippen LogP contribution in [0.15, 0.2) is 18.3 Å². The quantitative estimate of drug-likeness (QED) is 0.795. The third-order valence-corrected chi connectivity index (χ3v) is 2.85. The zero-order valence-corrected chi connectivity index (χ0v) is 9.02. The molecule has 2 N–H and O–H groups in total. The third kappa shape index (κ3) is 2.27. The highest BCUT2D eigenvalue weighted by molar-refractivity contribution is 5.42. The molecule has 0 radical (unpaired) electrons. The molecular formula is C11H17N3O. The molecule has 0 aromatic carbocycles. The first-order valence-corrected chi connectivity index (χ1v) is 5.26. The molecule has 0 aliphatic carbocycles. The molecule has 1 aliphatic rings. The summed E-state index contributed by atoms with van der Waals surface area (Å²) in [6.45, 7) is 2.51. The van der Waals surface area contributed by atoms with E-state index in [1.807, 2.05) is 12.3 Å². The van der Waals surface area contributed by atoms with Gasteiger partial charge in [-0.1, -0.05) is 0 Å². The minimum absolute atomic E-state index is 0.341. The summed E-state index contributed by atoms with van der Waals surface area (Å²) < 4.78 is 5.33. The minimum atomic E-state index is 0.341. The monoisotopic (exact) mass is 207 g/mol. The standard InChI is InChI=1S/C11H17N3O/c1-15-10-3-5-14(8-10)11-6-9(7-12)2-4-13-11/h2,4,6,10H,3,5,7-8,12H2,1H3. The van der Waals surface area contributed by atoms with Crippen LogP contribution in [0.25, 0.3) is 0 Å². The van der Waals surface area contributed by atoms with Crippen LogP contribution >= 0.6 is 0 Å². The van der Waals surface area contributed by atoms with Gasteiger partial charge < -0.3 is 15.4 Å². The highest BCUT2D eigenvalue weighted by Crippen LogP contribution is 2.19. The van der Waals surface area contributed by atoms with Crippen molar-refractivity contribution in [2.45, 2.75) is 19.1 Å². The van der Waals surface area contributed by atoms with Crippen molar-refractivity contribution in [2.75, 3.05) is 25.1 Å². The number of ether oxygens (including phenoxy) is 1. The van der Waals surface area contributed by atoms with Crippen LogP contribution in [-0.2, 0) is 11.3 Å². The third-order valence-electron chi connectivity index (χ3n) is 2.85. The number of methoxy groups -OCH3 is 1. The first-order valence-electron chi connectivity index (χ1n) is 5.26. The molecule has 1 aromatic rings. The smallest absolute Gasteiger partial charge is 0.128 e. The van der Waals surface area contributed by atoms with Gasteiger partial charge in [0, 0.05) is 32.9 Å². The molecule has 4 nitrogen and oxygen atoms in total. The van der Waals surface area contributed by atoms with Crippen molar-refractivity contribution in [2.24, 2.45) is 5.73 Å². The Kier molecular flexibility index (Phi) is 3.18. The number of aromatic nitrogens is 1. The van der Waals surface area contributed by atoms with Gasteiger partial charge in [0.05, 0.1) is 6.10 Å². The van der Waals surface area contributed by atoms with Crippen molar-refractivity contribution >= 4 is 5.82 Å². The summed E-state index contributed by atoms with van der Waals surface area (Å²) in [4.78, 5) is 6.60. The number of pyridine rings is 1. The van der Waals surface area contributed by atoms with E-state index in [1.54, 1.807) is 7.11 Å². The maximum atomic E-state index is 5.60. The molecule has 82 valence electrons. The number of nitrogens with two attached hydrogens (primary N) is 1. The van der Waals surface area contributed by atoms with E-state index in [9.17, 15) is 0 Å². The lowest BCUT2D eigenvalue weighted by Crippen LogP contribution is -2.23. The van der Waals surface area contributed by atoms with Gasteiger partial charge in [-0.3, -0.25) is 0 Å². The van der Waals surface area contributed by atoms with Crippen molar-refractivity contribution in [3.63, 3.8) is 0 Å². The van der Waals surface area contributed by atoms with E-state index in [2.05, 4.69) is 16.0 Å². The van der Waals surface area contributed by atoms with Crippen LogP contribution < -0.4 is 10.6 Å². The van der Waals surface area contributed by atoms with Crippen LogP contribution in [0.1, 0.15) is 12.0 Å². The molecule has 0 bridgehead atoms. The lowest BCUT2D eigenvalue weighted by molar-refractivity contribution is 0.121. The van der Waals surface area contributed by atoms with Crippen LogP contribution in [0.2, 0.25) is 0 Å². The van der Waals surface area contributed by atoms with Gasteiger partial charge in [0.2, 0.25) is 0 Å². The second-order valence-corrected chi connectivity index (χ2v) is 3.82. The number of hydrogen-bond donors (Lipinski definition) is 1. The second kappa shape index (κ2) is 4.59. The van der Waals surface area contributed by atoms with Crippen molar-refractivity contribution < 1.29 is 4.74 Å². The molecule has 1 atom stereocenters. The first-order chi connectivity index (χ1) is 7.33. The van der Waals surface area contributed by atoms with Gasteiger partial charge in [-0.15, -0.1) is 0 Å². The minimum Gasteiger partial charge on any atom is -0.380 e. The Morgan fingerprint density at radius 1 is 1.67 bits per heavy atom. The van der Waals surface area contributed by atoms with E-state index >= 15 is 0 Å². The maximum Gasteiger partial charge on any atom is 0.128 e. The van der Waals surface area contributed by atoms with Gasteiger partial charge in [0.25, 0.3) is 0 Å². The van der Waals surface area contributed by atoms with E-state index in [1.165, 1.54) is 0 Å². The summed E-state index contributed by atoms with van der Waals surface area (Å²) in [6.07, 6.45) is 3.23. The number of hydrogen-bond acceptors (Lipinski definition) is 4. The van der Waals surface area contributed by atoms with Gasteiger partial charge in [-0.2, -0.15) is 0 Å². The topological polar surface area (TPSA) is 51.4 Å². The highest BCUT2D eigenvalue weighted by atomic mass is 16.5. The van der Waals surface area contributed by atoms with E-state index in [4.69, 9.17) is 10.5 Å². The van der Waals surface area contributed by atoms with Crippen LogP contribution in [0.3, 0.4) is 0 Å². The van der Waals surface area contributed by atoms with E-state index in [0.29, 0.717) is 12.6 Å². The first kappa shape index (κ1) is 10.4. The van der Waals surface area contributed by atoms with Gasteiger partial charge in [0.15, 0.2) is 0 Å². The van der Waals surface area contributed by atoms with Crippen LogP contribution in [0.4, 0.5) is 5.82 Å². The van der Waals surface area contributed by atoms with Crippen molar-refractivity contribution in [3.05, 3.63) is 23.9 Å². The Hall–Kier alpha value is -1.13. The molecule has 1 saturated heterocycles. The zero-order chi connectivity index (χ0) is 10.7. The second-order valence-electron chi connectivity index (χ2n) is 3.82. The van der Waals surface area contributed by atoms with Crippen LogP contribution in [0.5, 0.6) is 0 Å². The Morgan fingerprint density at radius 3 is 3.20 bits per heavy atom. The average molecular weight is 207 g/mol. The summed E-state index contributed by atoms with van der Waals surface area (Å²) in [5, 5.41) is 0. The normalized spacial score (nSPS) is 20.9. The molecule has 1 fully saturated rings. The van der Waals surface area contributed by atoms with Crippen molar-refractivity contribution in [3.8, 4) is 0 Å². The molecule has 0 saturated carbocycles. The lowest BCUT2D eigenvalue weighted by atomic mass is 10.2. The predicted molar refractivity (Wildman–Crippen MR) is 59.8 cm³/mol. The van der Waals surface area contributed by atoms with E-state index in [-0.39, 0.29) is 0 Å². The lowest BCUT2D eigenvalue weighted by Gasteiger charge is -2.17. The summed E-state index contributed by atoms with van der Waals surface area (Å²) in [5.74, 6) is 1.01. The number of nitrogens with zero attached hydrogens (tertiary/aromatic N) is 2. The van der Waals surface area contributed by atoms with Gasteiger partial charge in [0.1, 0.15) is 5.82 Å². The number of anilines is 1. The molecule has 4 heteroatoms. The predicted octanol–water partition coefficient (Wildman–Crippen LogP) is 0.765. The van der Waals surface area contributed by atoms with Gasteiger partial charge in [-0.05, 0) is 24.1 Å². The van der Waals surface area contributed by atoms with Gasteiger partial charge >= 0.3 is 0 Å². The molecule has 2 rings (SSSR count). The fraction of sp³-hybridized carbons (Fsp3) is 0.545. The van der Waals surface area contributed by atoms with Gasteiger partial charge in [-0.25, -0.2) is 4.98 Å². The van der Waals surface area contributed by atoms with E-state index < -0.39 is 0 Å². The molecule has 1 aromatic heterocycles. The Labute approximate surface area is 90.0 Å². The van der Waals surface area contributed by atoms with Crippen LogP contribution in [-0.4, -0.2) is 31.3 Å². The van der Waals surface area contributed by atoms with Crippen molar-refractivity contribution in [1.82, 2.24) is 4.98 Å². The Balaban J connectivity index is 2.09. The Bertz CT molecular complexity index is 329. The summed E-state index contributed by atoms with van der Waals surface area (Å²) in [7, 11) is 1.76. The molecule has 0 spiro atoms. The fourth-order valence-corrected chi connectivity index (χ4v) is 1.89. The summed E-state index contributed by atoms with van der Waals surface area (Å²) >= 11 is 0.